The van der Waals surface area contributed by atoms with E-state index in [-0.39, 0.29) is 18.9 Å². The van der Waals surface area contributed by atoms with E-state index in [1.54, 1.807) is 6.08 Å². The predicted molar refractivity (Wildman–Crippen MR) is 397 cm³/mol. The van der Waals surface area contributed by atoms with E-state index in [1.807, 2.05) is 6.08 Å². The molecule has 590 valence electrons. The van der Waals surface area contributed by atoms with Gasteiger partial charge in [0, 0.05) is 6.42 Å². The Balaban J connectivity index is 1.38. The van der Waals surface area contributed by atoms with Gasteiger partial charge in [-0.15, -0.1) is 0 Å². The Morgan fingerprint density at radius 2 is 0.640 bits per heavy atom. The van der Waals surface area contributed by atoms with Crippen LogP contribution in [0.4, 0.5) is 0 Å². The summed E-state index contributed by atoms with van der Waals surface area (Å²) in [6, 6.07) is -0.988. The second-order valence-corrected chi connectivity index (χ2v) is 29.9. The Labute approximate surface area is 607 Å². The molecule has 19 nitrogen and oxygen atoms in total. The first-order chi connectivity index (χ1) is 48.8. The predicted octanol–water partition coefficient (Wildman–Crippen LogP) is 14.1. The summed E-state index contributed by atoms with van der Waals surface area (Å²) in [6.45, 7) is 1.79. The Hall–Kier alpha value is -1.73. The zero-order valence-corrected chi connectivity index (χ0v) is 63.2. The average Bonchev–Trinajstić information content (AvgIpc) is 0.783. The zero-order valence-electron chi connectivity index (χ0n) is 63.2. The molecule has 17 atom stereocenters. The van der Waals surface area contributed by atoms with Gasteiger partial charge in [-0.1, -0.05) is 340 Å². The van der Waals surface area contributed by atoms with E-state index in [9.17, 15) is 61.0 Å². The van der Waals surface area contributed by atoms with Crippen molar-refractivity contribution < 1.29 is 89.4 Å². The van der Waals surface area contributed by atoms with Crippen LogP contribution in [0.25, 0.3) is 0 Å². The number of hydrogen-bond acceptors (Lipinski definition) is 18. The first kappa shape index (κ1) is 92.5. The topological polar surface area (TPSA) is 307 Å². The Morgan fingerprint density at radius 1 is 0.350 bits per heavy atom. The van der Waals surface area contributed by atoms with Gasteiger partial charge in [-0.05, 0) is 32.1 Å². The summed E-state index contributed by atoms with van der Waals surface area (Å²) in [4.78, 5) is 13.5. The molecule has 3 fully saturated rings. The molecule has 0 aliphatic carbocycles. The molecule has 3 saturated heterocycles. The lowest BCUT2D eigenvalue weighted by molar-refractivity contribution is -0.379. The third kappa shape index (κ3) is 42.0. The molecule has 1 amide bonds. The molecule has 17 unspecified atom stereocenters. The van der Waals surface area contributed by atoms with Crippen LogP contribution in [-0.4, -0.2) is 193 Å². The number of ether oxygens (including phenoxy) is 6. The van der Waals surface area contributed by atoms with Crippen molar-refractivity contribution in [3.8, 4) is 0 Å². The summed E-state index contributed by atoms with van der Waals surface area (Å²) in [6.07, 6.45) is 48.9. The number of hydrogen-bond donors (Lipinski definition) is 12. The third-order valence-electron chi connectivity index (χ3n) is 21.0. The molecule has 0 spiro atoms. The van der Waals surface area contributed by atoms with Crippen LogP contribution >= 0.6 is 0 Å². The van der Waals surface area contributed by atoms with Crippen LogP contribution in [0, 0.1) is 0 Å². The number of unbranched alkanes of at least 4 members (excludes halogenated alkanes) is 49. The number of aliphatic hydroxyl groups excluding tert-OH is 11. The lowest BCUT2D eigenvalue weighted by atomic mass is 9.96. The second kappa shape index (κ2) is 62.3. The van der Waals surface area contributed by atoms with Crippen LogP contribution < -0.4 is 5.32 Å². The normalized spacial score (nSPS) is 26.5. The summed E-state index contributed by atoms with van der Waals surface area (Å²) in [5, 5.41) is 121. The lowest BCUT2D eigenvalue weighted by Crippen LogP contribution is -2.66. The van der Waals surface area contributed by atoms with Crippen molar-refractivity contribution in [2.75, 3.05) is 26.4 Å². The Kier molecular flexibility index (Phi) is 57.6. The third-order valence-corrected chi connectivity index (χ3v) is 21.0. The first-order valence-corrected chi connectivity index (χ1v) is 41.6. The fraction of sp³-hybridized carbons (Fsp3) is 0.938. The number of allylic oxidation sites excluding steroid dienone is 3. The van der Waals surface area contributed by atoms with Crippen LogP contribution in [0.1, 0.15) is 354 Å². The van der Waals surface area contributed by atoms with Crippen molar-refractivity contribution in [2.45, 2.75) is 458 Å². The summed E-state index contributed by atoms with van der Waals surface area (Å²) in [5.41, 5.74) is 0. The van der Waals surface area contributed by atoms with E-state index in [1.165, 1.54) is 283 Å². The molecule has 3 aliphatic rings. The van der Waals surface area contributed by atoms with E-state index < -0.39 is 124 Å². The van der Waals surface area contributed by atoms with Crippen molar-refractivity contribution in [1.82, 2.24) is 5.32 Å². The van der Waals surface area contributed by atoms with E-state index in [0.29, 0.717) is 12.8 Å². The summed E-state index contributed by atoms with van der Waals surface area (Å²) >= 11 is 0. The highest BCUT2D eigenvalue weighted by molar-refractivity contribution is 5.76. The monoisotopic (exact) mass is 1430 g/mol. The molecule has 0 radical (unpaired) electrons. The van der Waals surface area contributed by atoms with Crippen molar-refractivity contribution in [3.63, 3.8) is 0 Å². The van der Waals surface area contributed by atoms with Gasteiger partial charge < -0.3 is 89.9 Å². The molecule has 3 rings (SSSR count). The maximum absolute atomic E-state index is 13.5. The lowest BCUT2D eigenvalue weighted by Gasteiger charge is -2.48. The number of carbonyl (C=O) groups excluding carboxylic acids is 1. The van der Waals surface area contributed by atoms with Crippen molar-refractivity contribution in [2.24, 2.45) is 0 Å². The summed E-state index contributed by atoms with van der Waals surface area (Å²) in [7, 11) is 0. The molecule has 0 aromatic carbocycles. The maximum Gasteiger partial charge on any atom is 0.220 e. The Morgan fingerprint density at radius 3 is 1.00 bits per heavy atom. The second-order valence-electron chi connectivity index (χ2n) is 29.9. The van der Waals surface area contributed by atoms with Crippen LogP contribution in [-0.2, 0) is 33.2 Å². The largest absolute Gasteiger partial charge is 0.394 e. The van der Waals surface area contributed by atoms with Crippen molar-refractivity contribution >= 4 is 5.91 Å². The molecular weight excluding hydrogens is 1270 g/mol. The molecule has 3 aliphatic heterocycles. The van der Waals surface area contributed by atoms with Gasteiger partial charge in [0.25, 0.3) is 0 Å². The van der Waals surface area contributed by atoms with E-state index >= 15 is 0 Å². The number of aliphatic hydroxyl groups is 11. The quantitative estimate of drug-likeness (QED) is 0.0199. The highest BCUT2D eigenvalue weighted by Gasteiger charge is 2.54. The highest BCUT2D eigenvalue weighted by atomic mass is 16.8. The number of amides is 1. The average molecular weight is 1430 g/mol. The standard InChI is InChI=1S/C81H153NO18/c1-3-5-7-9-11-13-15-17-19-21-23-25-27-29-31-32-33-34-36-38-40-42-44-46-48-50-52-54-56-58-65(86)64(82-69(87)59-57-55-53-51-49-47-45-43-41-39-37-35-30-28-26-24-22-20-18-16-14-12-10-8-6-4-2)63-95-79-75(93)72(90)77(67(61-84)97-79)100-81-76(94)73(91)78(68(62-85)98-81)99-80-74(92)71(89)70(88)66(60-83)96-80/h48,50,56,58,64-68,70-81,83-86,88-94H,3-47,49,51-55,57,59-63H2,1-2H3,(H,82,87)/b50-48+,58-56+. The van der Waals surface area contributed by atoms with Gasteiger partial charge in [0.2, 0.25) is 5.91 Å². The van der Waals surface area contributed by atoms with Crippen LogP contribution in [0.2, 0.25) is 0 Å². The summed E-state index contributed by atoms with van der Waals surface area (Å²) < 4.78 is 34.5. The summed E-state index contributed by atoms with van der Waals surface area (Å²) in [5.74, 6) is -0.277. The smallest absolute Gasteiger partial charge is 0.220 e. The fourth-order valence-electron chi connectivity index (χ4n) is 14.3. The van der Waals surface area contributed by atoms with Crippen molar-refractivity contribution in [3.05, 3.63) is 24.3 Å². The van der Waals surface area contributed by atoms with E-state index in [0.717, 1.165) is 38.5 Å². The first-order valence-electron chi connectivity index (χ1n) is 41.6. The molecular formula is C81H153NO18. The van der Waals surface area contributed by atoms with Gasteiger partial charge in [0.15, 0.2) is 18.9 Å². The van der Waals surface area contributed by atoms with Crippen LogP contribution in [0.3, 0.4) is 0 Å². The molecule has 100 heavy (non-hydrogen) atoms. The van der Waals surface area contributed by atoms with E-state index in [4.69, 9.17) is 28.4 Å². The SMILES string of the molecule is CCCCCCCCCCCCCCCCCCCCCCCCC/C=C/CC/C=C/C(O)C(COC1OC(CO)C(OC2OC(CO)C(OC3OC(CO)C(O)C(O)C3O)C(O)C2O)C(O)C1O)NC(=O)CCCCCCCCCCCCCCCCCCCCCCCCCCCC. The molecule has 0 aromatic rings. The Bertz CT molecular complexity index is 1900. The van der Waals surface area contributed by atoms with Gasteiger partial charge in [-0.3, -0.25) is 4.79 Å². The minimum atomic E-state index is -1.98. The van der Waals surface area contributed by atoms with Gasteiger partial charge >= 0.3 is 0 Å². The highest BCUT2D eigenvalue weighted by Crippen LogP contribution is 2.33. The maximum atomic E-state index is 13.5. The van der Waals surface area contributed by atoms with Gasteiger partial charge in [-0.25, -0.2) is 0 Å². The van der Waals surface area contributed by atoms with Crippen LogP contribution in [0.15, 0.2) is 24.3 Å². The zero-order chi connectivity index (χ0) is 72.5. The molecule has 19 heteroatoms. The number of rotatable bonds is 67. The van der Waals surface area contributed by atoms with Gasteiger partial charge in [0.05, 0.1) is 38.6 Å². The van der Waals surface area contributed by atoms with Gasteiger partial charge in [-0.2, -0.15) is 0 Å². The molecule has 0 bridgehead atoms. The number of carbonyl (C=O) groups is 1. The number of nitrogens with one attached hydrogen (secondary N) is 1. The van der Waals surface area contributed by atoms with Gasteiger partial charge in [0.1, 0.15) is 73.2 Å². The fourth-order valence-corrected chi connectivity index (χ4v) is 14.3. The van der Waals surface area contributed by atoms with Crippen LogP contribution in [0.5, 0.6) is 0 Å². The molecule has 12 N–H and O–H groups in total. The molecule has 3 heterocycles. The minimum Gasteiger partial charge on any atom is -0.394 e. The van der Waals surface area contributed by atoms with E-state index in [2.05, 4.69) is 31.3 Å². The minimum absolute atomic E-state index is 0.241. The molecule has 0 aromatic heterocycles. The molecule has 0 saturated carbocycles. The van der Waals surface area contributed by atoms with Crippen molar-refractivity contribution in [1.29, 1.82) is 0 Å².